The highest BCUT2D eigenvalue weighted by Crippen LogP contribution is 2.29. The van der Waals surface area contributed by atoms with E-state index in [1.165, 1.54) is 6.07 Å². The Kier molecular flexibility index (Phi) is 5.11. The number of benzene rings is 1. The normalized spacial score (nSPS) is 14.2. The molecule has 0 spiro atoms. The molecule has 0 amide bonds. The standard InChI is InChI=1S/C15H12F2N2O5/c1-22-14(20)10-6-24-7-19(13(10)15(21)23-2)8-3-11(16)9(5-18)12(17)4-8/h3-4H,6-7H2,1-2H3. The predicted molar refractivity (Wildman–Crippen MR) is 75.4 cm³/mol. The summed E-state index contributed by atoms with van der Waals surface area (Å²) in [5.74, 6) is -3.96. The zero-order valence-electron chi connectivity index (χ0n) is 12.8. The number of nitrogens with zero attached hydrogens (tertiary/aromatic N) is 2. The van der Waals surface area contributed by atoms with E-state index in [1.54, 1.807) is 0 Å². The van der Waals surface area contributed by atoms with Crippen molar-refractivity contribution in [2.75, 3.05) is 32.5 Å². The van der Waals surface area contributed by atoms with Gasteiger partial charge in [-0.15, -0.1) is 0 Å². The van der Waals surface area contributed by atoms with Crippen LogP contribution in [0.15, 0.2) is 23.4 Å². The molecule has 0 saturated carbocycles. The van der Waals surface area contributed by atoms with E-state index in [0.717, 1.165) is 31.3 Å². The zero-order chi connectivity index (χ0) is 17.9. The Balaban J connectivity index is 2.61. The maximum Gasteiger partial charge on any atom is 0.355 e. The molecule has 1 aromatic rings. The van der Waals surface area contributed by atoms with Crippen molar-refractivity contribution < 1.29 is 32.6 Å². The van der Waals surface area contributed by atoms with Crippen LogP contribution in [0.2, 0.25) is 0 Å². The number of halogens is 2. The molecule has 7 nitrogen and oxygen atoms in total. The molecular formula is C15H12F2N2O5. The van der Waals surface area contributed by atoms with Crippen molar-refractivity contribution in [1.29, 1.82) is 5.26 Å². The molecule has 0 aromatic heterocycles. The van der Waals surface area contributed by atoms with Gasteiger partial charge in [-0.05, 0) is 12.1 Å². The first kappa shape index (κ1) is 17.4. The van der Waals surface area contributed by atoms with Crippen LogP contribution in [-0.2, 0) is 23.8 Å². The van der Waals surface area contributed by atoms with Gasteiger partial charge in [-0.25, -0.2) is 18.4 Å². The summed E-state index contributed by atoms with van der Waals surface area (Å²) < 4.78 is 42.1. The topological polar surface area (TPSA) is 88.9 Å². The van der Waals surface area contributed by atoms with E-state index in [0.29, 0.717) is 0 Å². The number of methoxy groups -OCH3 is 2. The van der Waals surface area contributed by atoms with E-state index in [9.17, 15) is 18.4 Å². The number of esters is 2. The van der Waals surface area contributed by atoms with Gasteiger partial charge < -0.3 is 19.1 Å². The van der Waals surface area contributed by atoms with Crippen LogP contribution in [-0.4, -0.2) is 39.5 Å². The number of hydrogen-bond acceptors (Lipinski definition) is 7. The van der Waals surface area contributed by atoms with E-state index < -0.39 is 29.1 Å². The van der Waals surface area contributed by atoms with Crippen LogP contribution >= 0.6 is 0 Å². The lowest BCUT2D eigenvalue weighted by molar-refractivity contribution is -0.140. The third-order valence-electron chi connectivity index (χ3n) is 3.28. The van der Waals surface area contributed by atoms with Crippen LogP contribution in [0, 0.1) is 23.0 Å². The van der Waals surface area contributed by atoms with Gasteiger partial charge in [0.2, 0.25) is 0 Å². The van der Waals surface area contributed by atoms with E-state index in [1.807, 2.05) is 0 Å². The lowest BCUT2D eigenvalue weighted by atomic mass is 10.1. The number of anilines is 1. The molecule has 9 heteroatoms. The molecule has 0 N–H and O–H groups in total. The molecule has 0 saturated heterocycles. The number of nitriles is 1. The second-order valence-electron chi connectivity index (χ2n) is 4.61. The van der Waals surface area contributed by atoms with Crippen molar-refractivity contribution in [3.63, 3.8) is 0 Å². The number of ether oxygens (including phenoxy) is 3. The maximum atomic E-state index is 13.8. The Morgan fingerprint density at radius 3 is 2.29 bits per heavy atom. The van der Waals surface area contributed by atoms with Gasteiger partial charge in [-0.3, -0.25) is 0 Å². The number of rotatable bonds is 3. The molecule has 0 unspecified atom stereocenters. The third kappa shape index (κ3) is 3.04. The predicted octanol–water partition coefficient (Wildman–Crippen LogP) is 1.23. The van der Waals surface area contributed by atoms with Gasteiger partial charge in [0.15, 0.2) is 0 Å². The Labute approximate surface area is 135 Å². The molecule has 1 aliphatic rings. The lowest BCUT2D eigenvalue weighted by Crippen LogP contribution is -2.38. The quantitative estimate of drug-likeness (QED) is 0.766. The van der Waals surface area contributed by atoms with Crippen molar-refractivity contribution >= 4 is 17.6 Å². The summed E-state index contributed by atoms with van der Waals surface area (Å²) in [5, 5.41) is 8.71. The van der Waals surface area contributed by atoms with E-state index in [4.69, 9.17) is 10.00 Å². The average molecular weight is 338 g/mol. The van der Waals surface area contributed by atoms with E-state index >= 15 is 0 Å². The fraction of sp³-hybridized carbons (Fsp3) is 0.267. The van der Waals surface area contributed by atoms with Crippen LogP contribution < -0.4 is 4.90 Å². The van der Waals surface area contributed by atoms with Crippen LogP contribution in [0.5, 0.6) is 0 Å². The van der Waals surface area contributed by atoms with E-state index in [2.05, 4.69) is 9.47 Å². The van der Waals surface area contributed by atoms with Crippen LogP contribution in [0.4, 0.5) is 14.5 Å². The van der Waals surface area contributed by atoms with Gasteiger partial charge in [-0.2, -0.15) is 5.26 Å². The summed E-state index contributed by atoms with van der Waals surface area (Å²) in [6, 6.07) is 3.11. The first-order valence-electron chi connectivity index (χ1n) is 6.58. The second kappa shape index (κ2) is 7.06. The number of hydrogen-bond donors (Lipinski definition) is 0. The Bertz CT molecular complexity index is 747. The van der Waals surface area contributed by atoms with Gasteiger partial charge in [0.25, 0.3) is 0 Å². The fourth-order valence-corrected chi connectivity index (χ4v) is 2.17. The molecule has 0 radical (unpaired) electrons. The molecule has 0 fully saturated rings. The number of carbonyl (C=O) groups excluding carboxylic acids is 2. The first-order chi connectivity index (χ1) is 11.4. The minimum atomic E-state index is -1.11. The summed E-state index contributed by atoms with van der Waals surface area (Å²) in [4.78, 5) is 24.9. The summed E-state index contributed by atoms with van der Waals surface area (Å²) in [5.41, 5.74) is -1.28. The molecule has 0 aliphatic carbocycles. The van der Waals surface area contributed by atoms with Gasteiger partial charge in [0.05, 0.1) is 26.4 Å². The summed E-state index contributed by atoms with van der Waals surface area (Å²) in [6.45, 7) is -0.482. The highest BCUT2D eigenvalue weighted by molar-refractivity contribution is 6.03. The van der Waals surface area contributed by atoms with Gasteiger partial charge >= 0.3 is 11.9 Å². The maximum absolute atomic E-state index is 13.8. The molecule has 1 heterocycles. The molecule has 0 bridgehead atoms. The second-order valence-corrected chi connectivity index (χ2v) is 4.61. The van der Waals surface area contributed by atoms with Crippen LogP contribution in [0.3, 0.4) is 0 Å². The van der Waals surface area contributed by atoms with Crippen molar-refractivity contribution in [3.8, 4) is 6.07 Å². The Morgan fingerprint density at radius 1 is 1.21 bits per heavy atom. The summed E-state index contributed by atoms with van der Waals surface area (Å²) >= 11 is 0. The first-order valence-corrected chi connectivity index (χ1v) is 6.58. The van der Waals surface area contributed by atoms with Crippen molar-refractivity contribution in [2.24, 2.45) is 0 Å². The summed E-state index contributed by atoms with van der Waals surface area (Å²) in [7, 11) is 2.21. The lowest BCUT2D eigenvalue weighted by Gasteiger charge is -2.31. The van der Waals surface area contributed by atoms with Crippen LogP contribution in [0.25, 0.3) is 0 Å². The zero-order valence-corrected chi connectivity index (χ0v) is 12.8. The van der Waals surface area contributed by atoms with Crippen molar-refractivity contribution in [2.45, 2.75) is 0 Å². The average Bonchev–Trinajstić information content (AvgIpc) is 2.59. The monoisotopic (exact) mass is 338 g/mol. The Morgan fingerprint density at radius 2 is 1.79 bits per heavy atom. The molecule has 1 aliphatic heterocycles. The van der Waals surface area contributed by atoms with Gasteiger partial charge in [-0.1, -0.05) is 0 Å². The number of carbonyl (C=O) groups is 2. The SMILES string of the molecule is COC(=O)C1=C(C(=O)OC)N(c2cc(F)c(C#N)c(F)c2)COC1. The minimum Gasteiger partial charge on any atom is -0.466 e. The molecule has 0 atom stereocenters. The molecular weight excluding hydrogens is 326 g/mol. The van der Waals surface area contributed by atoms with E-state index in [-0.39, 0.29) is 30.3 Å². The van der Waals surface area contributed by atoms with Gasteiger partial charge in [0.1, 0.15) is 35.7 Å². The summed E-state index contributed by atoms with van der Waals surface area (Å²) in [6.07, 6.45) is 0. The Hall–Kier alpha value is -2.99. The highest BCUT2D eigenvalue weighted by Gasteiger charge is 2.33. The smallest absolute Gasteiger partial charge is 0.355 e. The largest absolute Gasteiger partial charge is 0.466 e. The fourth-order valence-electron chi connectivity index (χ4n) is 2.17. The third-order valence-corrected chi connectivity index (χ3v) is 3.28. The molecule has 24 heavy (non-hydrogen) atoms. The van der Waals surface area contributed by atoms with Crippen LogP contribution in [0.1, 0.15) is 5.56 Å². The molecule has 126 valence electrons. The molecule has 2 rings (SSSR count). The minimum absolute atomic E-state index is 0.120. The highest BCUT2D eigenvalue weighted by atomic mass is 19.1. The van der Waals surface area contributed by atoms with Gasteiger partial charge in [0, 0.05) is 5.69 Å². The molecule has 1 aromatic carbocycles. The van der Waals surface area contributed by atoms with Crippen molar-refractivity contribution in [1.82, 2.24) is 0 Å². The van der Waals surface area contributed by atoms with Crippen molar-refractivity contribution in [3.05, 3.63) is 40.6 Å².